The number of hydrogen-bond donors (Lipinski definition) is 1. The summed E-state index contributed by atoms with van der Waals surface area (Å²) >= 11 is 1.61. The van der Waals surface area contributed by atoms with E-state index >= 15 is 0 Å². The Bertz CT molecular complexity index is 991. The molecule has 0 radical (unpaired) electrons. The molecule has 4 aromatic rings. The van der Waals surface area contributed by atoms with Gasteiger partial charge in [0.2, 0.25) is 0 Å². The van der Waals surface area contributed by atoms with Gasteiger partial charge in [-0.05, 0) is 35.7 Å². The summed E-state index contributed by atoms with van der Waals surface area (Å²) in [5.74, 6) is 0.471. The topological polar surface area (TPSA) is 63.8 Å². The first-order valence-electron chi connectivity index (χ1n) is 8.18. The van der Waals surface area contributed by atoms with Crippen molar-refractivity contribution in [2.75, 3.05) is 5.32 Å². The van der Waals surface area contributed by atoms with E-state index < -0.39 is 0 Å². The Balaban J connectivity index is 1.48. The molecular formula is C19H18N4OS. The first kappa shape index (κ1) is 15.8. The standard InChI is InChI=1S/C19H18N4OS/c1-12(2)13-5-6-17-16(8-13)23-19(24-17)21-10-15-11-25-18(22-15)14-4-3-7-20-9-14/h3-9,11-12H,10H2,1-2H3,(H,21,23). The molecule has 0 aliphatic heterocycles. The molecule has 3 heterocycles. The maximum absolute atomic E-state index is 5.76. The number of rotatable bonds is 5. The van der Waals surface area contributed by atoms with E-state index in [0.717, 1.165) is 27.4 Å². The van der Waals surface area contributed by atoms with E-state index in [1.54, 1.807) is 17.5 Å². The van der Waals surface area contributed by atoms with E-state index in [0.29, 0.717) is 18.5 Å². The van der Waals surface area contributed by atoms with Crippen molar-refractivity contribution < 1.29 is 4.42 Å². The number of nitrogens with zero attached hydrogens (tertiary/aromatic N) is 3. The minimum Gasteiger partial charge on any atom is -0.424 e. The van der Waals surface area contributed by atoms with Gasteiger partial charge in [0, 0.05) is 23.3 Å². The fourth-order valence-electron chi connectivity index (χ4n) is 2.56. The van der Waals surface area contributed by atoms with Crippen LogP contribution in [0.2, 0.25) is 0 Å². The van der Waals surface area contributed by atoms with E-state index in [1.807, 2.05) is 29.8 Å². The average Bonchev–Trinajstić information content (AvgIpc) is 3.26. The number of thiazole rings is 1. The van der Waals surface area contributed by atoms with Crippen LogP contribution in [0.25, 0.3) is 21.7 Å². The van der Waals surface area contributed by atoms with Gasteiger partial charge in [0.15, 0.2) is 5.58 Å². The molecule has 0 saturated heterocycles. The molecule has 0 bridgehead atoms. The third-order valence-electron chi connectivity index (χ3n) is 3.96. The first-order chi connectivity index (χ1) is 12.2. The van der Waals surface area contributed by atoms with E-state index in [4.69, 9.17) is 4.42 Å². The van der Waals surface area contributed by atoms with Crippen LogP contribution in [-0.4, -0.2) is 15.0 Å². The highest BCUT2D eigenvalue weighted by atomic mass is 32.1. The van der Waals surface area contributed by atoms with Gasteiger partial charge in [0.25, 0.3) is 6.01 Å². The Labute approximate surface area is 149 Å². The number of nitrogens with one attached hydrogen (secondary N) is 1. The van der Waals surface area contributed by atoms with Crippen LogP contribution in [-0.2, 0) is 6.54 Å². The number of hydrogen-bond acceptors (Lipinski definition) is 6. The zero-order chi connectivity index (χ0) is 17.2. The summed E-state index contributed by atoms with van der Waals surface area (Å²) in [6, 6.07) is 10.6. The van der Waals surface area contributed by atoms with E-state index in [-0.39, 0.29) is 0 Å². The third kappa shape index (κ3) is 3.39. The van der Waals surface area contributed by atoms with E-state index in [9.17, 15) is 0 Å². The molecule has 0 fully saturated rings. The lowest BCUT2D eigenvalue weighted by atomic mass is 10.0. The van der Waals surface area contributed by atoms with Crippen molar-refractivity contribution in [1.82, 2.24) is 15.0 Å². The number of benzene rings is 1. The fraction of sp³-hybridized carbons (Fsp3) is 0.211. The van der Waals surface area contributed by atoms with Crippen LogP contribution in [0.15, 0.2) is 52.5 Å². The van der Waals surface area contributed by atoms with Gasteiger partial charge < -0.3 is 9.73 Å². The van der Waals surface area contributed by atoms with E-state index in [1.165, 1.54) is 5.56 Å². The lowest BCUT2D eigenvalue weighted by Crippen LogP contribution is -1.99. The number of oxazole rings is 1. The quantitative estimate of drug-likeness (QED) is 0.543. The molecule has 25 heavy (non-hydrogen) atoms. The minimum absolute atomic E-state index is 0.471. The van der Waals surface area contributed by atoms with Crippen LogP contribution in [0.5, 0.6) is 0 Å². The normalized spacial score (nSPS) is 11.3. The second-order valence-electron chi connectivity index (χ2n) is 6.14. The molecule has 1 N–H and O–H groups in total. The van der Waals surface area contributed by atoms with Crippen LogP contribution in [0.4, 0.5) is 6.01 Å². The van der Waals surface area contributed by atoms with Crippen LogP contribution in [0.3, 0.4) is 0 Å². The maximum atomic E-state index is 5.76. The molecule has 126 valence electrons. The van der Waals surface area contributed by atoms with E-state index in [2.05, 4.69) is 46.2 Å². The van der Waals surface area contributed by atoms with Crippen LogP contribution >= 0.6 is 11.3 Å². The smallest absolute Gasteiger partial charge is 0.296 e. The number of fused-ring (bicyclic) bond motifs is 1. The summed E-state index contributed by atoms with van der Waals surface area (Å²) in [6.07, 6.45) is 3.58. The highest BCUT2D eigenvalue weighted by Crippen LogP contribution is 2.25. The van der Waals surface area contributed by atoms with Crippen molar-refractivity contribution in [1.29, 1.82) is 0 Å². The lowest BCUT2D eigenvalue weighted by molar-refractivity contribution is 0.614. The summed E-state index contributed by atoms with van der Waals surface area (Å²) in [6.45, 7) is 4.91. The van der Waals surface area contributed by atoms with Crippen molar-refractivity contribution in [3.05, 3.63) is 59.4 Å². The van der Waals surface area contributed by atoms with Crippen LogP contribution < -0.4 is 5.32 Å². The second kappa shape index (κ2) is 6.64. The lowest BCUT2D eigenvalue weighted by Gasteiger charge is -2.02. The Hall–Kier alpha value is -2.73. The van der Waals surface area contributed by atoms with Gasteiger partial charge >= 0.3 is 0 Å². The zero-order valence-corrected chi connectivity index (χ0v) is 14.9. The number of aromatic nitrogens is 3. The van der Waals surface area contributed by atoms with Crippen LogP contribution in [0, 0.1) is 0 Å². The Morgan fingerprint density at radius 2 is 2.12 bits per heavy atom. The van der Waals surface area contributed by atoms with Gasteiger partial charge in [0.1, 0.15) is 10.5 Å². The van der Waals surface area contributed by atoms with Crippen molar-refractivity contribution in [3.63, 3.8) is 0 Å². The molecule has 6 heteroatoms. The second-order valence-corrected chi connectivity index (χ2v) is 7.00. The summed E-state index contributed by atoms with van der Waals surface area (Å²) in [4.78, 5) is 13.3. The predicted octanol–water partition coefficient (Wildman–Crippen LogP) is 5.08. The molecule has 0 amide bonds. The molecular weight excluding hydrogens is 332 g/mol. The highest BCUT2D eigenvalue weighted by molar-refractivity contribution is 7.13. The van der Waals surface area contributed by atoms with Gasteiger partial charge in [-0.15, -0.1) is 11.3 Å². The van der Waals surface area contributed by atoms with Crippen molar-refractivity contribution >= 4 is 28.5 Å². The molecule has 5 nitrogen and oxygen atoms in total. The monoisotopic (exact) mass is 350 g/mol. The molecule has 0 aliphatic rings. The molecule has 3 aromatic heterocycles. The largest absolute Gasteiger partial charge is 0.424 e. The molecule has 0 saturated carbocycles. The average molecular weight is 350 g/mol. The van der Waals surface area contributed by atoms with Gasteiger partial charge in [-0.2, -0.15) is 4.98 Å². The maximum Gasteiger partial charge on any atom is 0.296 e. The summed E-state index contributed by atoms with van der Waals surface area (Å²) < 4.78 is 5.76. The molecule has 0 atom stereocenters. The number of anilines is 1. The molecule has 4 rings (SSSR count). The van der Waals surface area contributed by atoms with Crippen molar-refractivity contribution in [3.8, 4) is 10.6 Å². The summed E-state index contributed by atoms with van der Waals surface area (Å²) in [5.41, 5.74) is 4.91. The predicted molar refractivity (Wildman–Crippen MR) is 101 cm³/mol. The first-order valence-corrected chi connectivity index (χ1v) is 9.06. The highest BCUT2D eigenvalue weighted by Gasteiger charge is 2.09. The number of pyridine rings is 1. The fourth-order valence-corrected chi connectivity index (χ4v) is 3.37. The molecule has 0 aliphatic carbocycles. The SMILES string of the molecule is CC(C)c1ccc2oc(NCc3csc(-c4cccnc4)n3)nc2c1. The zero-order valence-electron chi connectivity index (χ0n) is 14.1. The van der Waals surface area contributed by atoms with Gasteiger partial charge in [0.05, 0.1) is 12.2 Å². The summed E-state index contributed by atoms with van der Waals surface area (Å²) in [7, 11) is 0. The van der Waals surface area contributed by atoms with Gasteiger partial charge in [-0.25, -0.2) is 4.98 Å². The van der Waals surface area contributed by atoms with Crippen molar-refractivity contribution in [2.24, 2.45) is 0 Å². The minimum atomic E-state index is 0.471. The molecule has 1 aromatic carbocycles. The Morgan fingerprint density at radius 1 is 1.20 bits per heavy atom. The Morgan fingerprint density at radius 3 is 2.92 bits per heavy atom. The summed E-state index contributed by atoms with van der Waals surface area (Å²) in [5, 5.41) is 6.21. The molecule has 0 unspecified atom stereocenters. The Kier molecular flexibility index (Phi) is 4.19. The van der Waals surface area contributed by atoms with Crippen LogP contribution in [0.1, 0.15) is 31.0 Å². The van der Waals surface area contributed by atoms with Gasteiger partial charge in [-0.3, -0.25) is 4.98 Å². The molecule has 0 spiro atoms. The van der Waals surface area contributed by atoms with Crippen molar-refractivity contribution in [2.45, 2.75) is 26.3 Å². The van der Waals surface area contributed by atoms with Gasteiger partial charge in [-0.1, -0.05) is 19.9 Å². The third-order valence-corrected chi connectivity index (χ3v) is 4.90.